The predicted molar refractivity (Wildman–Crippen MR) is 107 cm³/mol. The zero-order valence-corrected chi connectivity index (χ0v) is 16.2. The third-order valence-corrected chi connectivity index (χ3v) is 5.89. The van der Waals surface area contributed by atoms with Gasteiger partial charge in [-0.15, -0.1) is 0 Å². The van der Waals surface area contributed by atoms with E-state index < -0.39 is 0 Å². The maximum Gasteiger partial charge on any atom is 0.255 e. The highest BCUT2D eigenvalue weighted by Crippen LogP contribution is 2.30. The predicted octanol–water partition coefficient (Wildman–Crippen LogP) is 3.30. The average Bonchev–Trinajstić information content (AvgIpc) is 3.04. The summed E-state index contributed by atoms with van der Waals surface area (Å²) in [4.78, 5) is 17.7. The van der Waals surface area contributed by atoms with Crippen LogP contribution in [0, 0.1) is 17.2 Å². The number of benzene rings is 2. The Morgan fingerprint density at radius 2 is 1.89 bits per heavy atom. The standard InChI is InChI=1S/C23H25N3O2/c1-28-21-10-7-17(8-11-21)13-25-14-18-6-9-20(16-25)26(15-18)23(27)22-5-3-2-4-19(22)12-24/h2-5,7-8,10-11,18,20H,6,9,13-16H2,1H3/t18-,20+/m1/s1. The van der Waals surface area contributed by atoms with Gasteiger partial charge in [-0.1, -0.05) is 24.3 Å². The molecule has 5 nitrogen and oxygen atoms in total. The van der Waals surface area contributed by atoms with Gasteiger partial charge in [-0.3, -0.25) is 9.69 Å². The number of nitriles is 1. The molecular weight excluding hydrogens is 350 g/mol. The molecule has 0 radical (unpaired) electrons. The molecule has 1 amide bonds. The maximum atomic E-state index is 13.2. The fourth-order valence-electron chi connectivity index (χ4n) is 4.47. The Hall–Kier alpha value is -2.84. The summed E-state index contributed by atoms with van der Waals surface area (Å²) in [5.74, 6) is 1.35. The van der Waals surface area contributed by atoms with Crippen molar-refractivity contribution in [2.45, 2.75) is 25.4 Å². The van der Waals surface area contributed by atoms with Gasteiger partial charge in [-0.05, 0) is 48.6 Å². The molecule has 0 N–H and O–H groups in total. The van der Waals surface area contributed by atoms with Gasteiger partial charge in [0, 0.05) is 32.2 Å². The maximum absolute atomic E-state index is 13.2. The number of methoxy groups -OCH3 is 1. The first-order valence-corrected chi connectivity index (χ1v) is 9.83. The van der Waals surface area contributed by atoms with Crippen LogP contribution in [0.25, 0.3) is 0 Å². The van der Waals surface area contributed by atoms with Crippen LogP contribution in [0.1, 0.15) is 34.3 Å². The van der Waals surface area contributed by atoms with E-state index in [1.807, 2.05) is 23.1 Å². The van der Waals surface area contributed by atoms with E-state index in [0.29, 0.717) is 17.0 Å². The van der Waals surface area contributed by atoms with Gasteiger partial charge in [0.05, 0.1) is 24.3 Å². The van der Waals surface area contributed by atoms with Crippen molar-refractivity contribution in [1.82, 2.24) is 9.80 Å². The zero-order chi connectivity index (χ0) is 19.5. The van der Waals surface area contributed by atoms with Crippen LogP contribution in [0.15, 0.2) is 48.5 Å². The van der Waals surface area contributed by atoms with E-state index in [4.69, 9.17) is 4.74 Å². The van der Waals surface area contributed by atoms with Crippen molar-refractivity contribution in [3.63, 3.8) is 0 Å². The van der Waals surface area contributed by atoms with E-state index in [1.54, 1.807) is 25.3 Å². The number of carbonyl (C=O) groups is 1. The normalized spacial score (nSPS) is 21.8. The minimum atomic E-state index is -0.00172. The van der Waals surface area contributed by atoms with Gasteiger partial charge in [-0.2, -0.15) is 5.26 Å². The molecule has 3 saturated heterocycles. The summed E-state index contributed by atoms with van der Waals surface area (Å²) in [7, 11) is 1.68. The van der Waals surface area contributed by atoms with Crippen molar-refractivity contribution >= 4 is 5.91 Å². The largest absolute Gasteiger partial charge is 0.497 e. The summed E-state index contributed by atoms with van der Waals surface area (Å²) < 4.78 is 5.24. The molecule has 3 aliphatic heterocycles. The molecular formula is C23H25N3O2. The summed E-state index contributed by atoms with van der Waals surface area (Å²) in [5, 5.41) is 9.36. The lowest BCUT2D eigenvalue weighted by atomic mass is 9.94. The molecule has 0 unspecified atom stereocenters. The van der Waals surface area contributed by atoms with Crippen LogP contribution >= 0.6 is 0 Å². The molecule has 3 aliphatic rings. The van der Waals surface area contributed by atoms with Crippen molar-refractivity contribution in [3.8, 4) is 11.8 Å². The number of piperidine rings is 1. The third kappa shape index (κ3) is 3.74. The topological polar surface area (TPSA) is 56.6 Å². The van der Waals surface area contributed by atoms with Crippen LogP contribution in [-0.2, 0) is 6.54 Å². The van der Waals surface area contributed by atoms with Crippen molar-refractivity contribution in [3.05, 3.63) is 65.2 Å². The smallest absolute Gasteiger partial charge is 0.255 e. The van der Waals surface area contributed by atoms with Gasteiger partial charge < -0.3 is 9.64 Å². The highest BCUT2D eigenvalue weighted by Gasteiger charge is 2.37. The molecule has 0 saturated carbocycles. The number of amides is 1. The second-order valence-corrected chi connectivity index (χ2v) is 7.75. The fourth-order valence-corrected chi connectivity index (χ4v) is 4.47. The summed E-state index contributed by atoms with van der Waals surface area (Å²) in [6.45, 7) is 3.55. The Morgan fingerprint density at radius 1 is 1.11 bits per heavy atom. The van der Waals surface area contributed by atoms with E-state index in [1.165, 1.54) is 5.56 Å². The van der Waals surface area contributed by atoms with Crippen molar-refractivity contribution in [1.29, 1.82) is 5.26 Å². The SMILES string of the molecule is COc1ccc(CN2C[C@H]3CC[C@@H](C2)N(C(=O)c2ccccc2C#N)C3)cc1. The van der Waals surface area contributed by atoms with E-state index in [2.05, 4.69) is 23.1 Å². The van der Waals surface area contributed by atoms with Crippen LogP contribution in [0.3, 0.4) is 0 Å². The van der Waals surface area contributed by atoms with Gasteiger partial charge in [0.2, 0.25) is 0 Å². The Morgan fingerprint density at radius 3 is 2.64 bits per heavy atom. The van der Waals surface area contributed by atoms with Crippen LogP contribution < -0.4 is 4.74 Å². The van der Waals surface area contributed by atoms with Gasteiger partial charge in [0.25, 0.3) is 5.91 Å². The minimum Gasteiger partial charge on any atom is -0.497 e. The van der Waals surface area contributed by atoms with Crippen LogP contribution in [0.2, 0.25) is 0 Å². The number of carbonyl (C=O) groups excluding carboxylic acids is 1. The van der Waals surface area contributed by atoms with Crippen molar-refractivity contribution < 1.29 is 9.53 Å². The highest BCUT2D eigenvalue weighted by molar-refractivity contribution is 5.97. The number of hydrogen-bond donors (Lipinski definition) is 0. The summed E-state index contributed by atoms with van der Waals surface area (Å²) in [6.07, 6.45) is 2.19. The lowest BCUT2D eigenvalue weighted by Gasteiger charge is -2.36. The van der Waals surface area contributed by atoms with E-state index in [0.717, 1.165) is 44.8 Å². The molecule has 0 spiro atoms. The second-order valence-electron chi connectivity index (χ2n) is 7.75. The minimum absolute atomic E-state index is 0.00172. The zero-order valence-electron chi connectivity index (χ0n) is 16.2. The van der Waals surface area contributed by atoms with E-state index in [9.17, 15) is 10.1 Å². The molecule has 0 aromatic heterocycles. The molecule has 28 heavy (non-hydrogen) atoms. The third-order valence-electron chi connectivity index (χ3n) is 5.89. The summed E-state index contributed by atoms with van der Waals surface area (Å²) in [6, 6.07) is 17.7. The lowest BCUT2D eigenvalue weighted by molar-refractivity contribution is 0.0584. The fraction of sp³-hybridized carbons (Fsp3) is 0.391. The first-order valence-electron chi connectivity index (χ1n) is 9.83. The van der Waals surface area contributed by atoms with Crippen LogP contribution in [0.5, 0.6) is 5.75 Å². The summed E-state index contributed by atoms with van der Waals surface area (Å²) in [5.41, 5.74) is 2.25. The summed E-state index contributed by atoms with van der Waals surface area (Å²) >= 11 is 0. The Balaban J connectivity index is 1.50. The van der Waals surface area contributed by atoms with Gasteiger partial charge >= 0.3 is 0 Å². The first-order chi connectivity index (χ1) is 13.7. The molecule has 3 fully saturated rings. The van der Waals surface area contributed by atoms with Crippen molar-refractivity contribution in [2.24, 2.45) is 5.92 Å². The van der Waals surface area contributed by atoms with E-state index >= 15 is 0 Å². The van der Waals surface area contributed by atoms with Crippen LogP contribution in [-0.4, -0.2) is 48.5 Å². The number of rotatable bonds is 4. The lowest BCUT2D eigenvalue weighted by Crippen LogP contribution is -2.47. The molecule has 5 heteroatoms. The molecule has 144 valence electrons. The average molecular weight is 375 g/mol. The van der Waals surface area contributed by atoms with Gasteiger partial charge in [-0.25, -0.2) is 0 Å². The molecule has 2 aromatic carbocycles. The van der Waals surface area contributed by atoms with E-state index in [-0.39, 0.29) is 11.9 Å². The van der Waals surface area contributed by atoms with Gasteiger partial charge in [0.1, 0.15) is 5.75 Å². The molecule has 2 aromatic rings. The molecule has 2 bridgehead atoms. The Kier molecular flexibility index (Phi) is 5.31. The number of fused-ring (bicyclic) bond motifs is 4. The number of ether oxygens (including phenoxy) is 1. The number of nitrogens with zero attached hydrogens (tertiary/aromatic N) is 3. The molecule has 0 aliphatic carbocycles. The van der Waals surface area contributed by atoms with Crippen molar-refractivity contribution in [2.75, 3.05) is 26.7 Å². The molecule has 5 rings (SSSR count). The molecule has 3 heterocycles. The first kappa shape index (κ1) is 18.5. The highest BCUT2D eigenvalue weighted by atomic mass is 16.5. The molecule has 2 atom stereocenters. The monoisotopic (exact) mass is 375 g/mol. The number of hydrogen-bond acceptors (Lipinski definition) is 4. The second kappa shape index (κ2) is 8.04. The van der Waals surface area contributed by atoms with Crippen LogP contribution in [0.4, 0.5) is 0 Å². The Labute approximate surface area is 166 Å². The quantitative estimate of drug-likeness (QED) is 0.823. The van der Waals surface area contributed by atoms with Gasteiger partial charge in [0.15, 0.2) is 0 Å². The Bertz CT molecular complexity index is 887.